The number of piperidine rings is 1. The van der Waals surface area contributed by atoms with Gasteiger partial charge in [-0.05, 0) is 62.3 Å². The monoisotopic (exact) mass is 408 g/mol. The molecule has 1 aliphatic heterocycles. The smallest absolute Gasteiger partial charge is 0.325 e. The standard InChI is InChI=1S/C22H24N4O4/c1-29-17-8-6-16(7-9-17)23-22(28)25-20(27)14-26-12-10-15(11-13-26)21-24-18-4-2-3-5-19(18)30-21/h2-9,15H,10-14H2,1H3,(H2,23,25,27,28). The van der Waals surface area contributed by atoms with Crippen LogP contribution in [0.1, 0.15) is 24.7 Å². The fraction of sp³-hybridized carbons (Fsp3) is 0.318. The molecule has 2 heterocycles. The lowest BCUT2D eigenvalue weighted by molar-refractivity contribution is -0.121. The Bertz CT molecular complexity index is 990. The first-order valence-electron chi connectivity index (χ1n) is 9.93. The number of carbonyl (C=O) groups is 2. The summed E-state index contributed by atoms with van der Waals surface area (Å²) in [5, 5.41) is 5.01. The van der Waals surface area contributed by atoms with Crippen LogP contribution in [0.15, 0.2) is 52.9 Å². The molecule has 156 valence electrons. The van der Waals surface area contributed by atoms with Crippen LogP contribution in [-0.4, -0.2) is 48.6 Å². The highest BCUT2D eigenvalue weighted by Crippen LogP contribution is 2.29. The summed E-state index contributed by atoms with van der Waals surface area (Å²) in [5.74, 6) is 1.37. The first kappa shape index (κ1) is 19.9. The Morgan fingerprint density at radius 2 is 1.87 bits per heavy atom. The predicted octanol–water partition coefficient (Wildman–Crippen LogP) is 3.36. The molecular weight excluding hydrogens is 384 g/mol. The zero-order valence-corrected chi connectivity index (χ0v) is 16.8. The summed E-state index contributed by atoms with van der Waals surface area (Å²) in [4.78, 5) is 30.9. The van der Waals surface area contributed by atoms with Crippen molar-refractivity contribution in [1.29, 1.82) is 0 Å². The van der Waals surface area contributed by atoms with Crippen molar-refractivity contribution in [3.63, 3.8) is 0 Å². The molecule has 1 saturated heterocycles. The number of methoxy groups -OCH3 is 1. The third-order valence-corrected chi connectivity index (χ3v) is 5.22. The highest BCUT2D eigenvalue weighted by molar-refractivity contribution is 6.01. The van der Waals surface area contributed by atoms with Gasteiger partial charge in [0.05, 0.1) is 13.7 Å². The van der Waals surface area contributed by atoms with Crippen molar-refractivity contribution in [3.05, 3.63) is 54.4 Å². The molecule has 0 radical (unpaired) electrons. The number of rotatable bonds is 5. The number of nitrogens with one attached hydrogen (secondary N) is 2. The lowest BCUT2D eigenvalue weighted by atomic mass is 9.97. The van der Waals surface area contributed by atoms with Gasteiger partial charge in [-0.1, -0.05) is 12.1 Å². The summed E-state index contributed by atoms with van der Waals surface area (Å²) in [6.07, 6.45) is 1.72. The number of imide groups is 1. The molecule has 1 aromatic heterocycles. The molecule has 0 spiro atoms. The van der Waals surface area contributed by atoms with Crippen LogP contribution in [0.4, 0.5) is 10.5 Å². The molecule has 1 aliphatic rings. The molecule has 2 aromatic carbocycles. The van der Waals surface area contributed by atoms with Gasteiger partial charge >= 0.3 is 6.03 Å². The van der Waals surface area contributed by atoms with E-state index >= 15 is 0 Å². The van der Waals surface area contributed by atoms with Gasteiger partial charge in [-0.3, -0.25) is 15.0 Å². The van der Waals surface area contributed by atoms with E-state index in [1.54, 1.807) is 31.4 Å². The van der Waals surface area contributed by atoms with Crippen molar-refractivity contribution in [1.82, 2.24) is 15.2 Å². The van der Waals surface area contributed by atoms with E-state index in [-0.39, 0.29) is 18.4 Å². The Balaban J connectivity index is 1.23. The van der Waals surface area contributed by atoms with Crippen LogP contribution in [0, 0.1) is 0 Å². The quantitative estimate of drug-likeness (QED) is 0.672. The van der Waals surface area contributed by atoms with Crippen LogP contribution >= 0.6 is 0 Å². The summed E-state index contributed by atoms with van der Waals surface area (Å²) < 4.78 is 11.0. The van der Waals surface area contributed by atoms with Gasteiger partial charge in [-0.2, -0.15) is 0 Å². The van der Waals surface area contributed by atoms with Crippen molar-refractivity contribution >= 4 is 28.7 Å². The number of oxazole rings is 1. The molecule has 0 saturated carbocycles. The maximum atomic E-state index is 12.2. The number of nitrogens with zero attached hydrogens (tertiary/aromatic N) is 2. The molecule has 3 aromatic rings. The van der Waals surface area contributed by atoms with Gasteiger partial charge in [-0.25, -0.2) is 9.78 Å². The van der Waals surface area contributed by atoms with Crippen molar-refractivity contribution in [2.24, 2.45) is 0 Å². The number of likely N-dealkylation sites (tertiary alicyclic amines) is 1. The molecule has 0 aliphatic carbocycles. The van der Waals surface area contributed by atoms with Gasteiger partial charge in [0.15, 0.2) is 11.5 Å². The molecule has 30 heavy (non-hydrogen) atoms. The van der Waals surface area contributed by atoms with Gasteiger partial charge in [0, 0.05) is 11.6 Å². The number of ether oxygens (including phenoxy) is 1. The Morgan fingerprint density at radius 1 is 1.13 bits per heavy atom. The summed E-state index contributed by atoms with van der Waals surface area (Å²) in [5.41, 5.74) is 2.26. The number of carbonyl (C=O) groups excluding carboxylic acids is 2. The zero-order chi connectivity index (χ0) is 20.9. The number of benzene rings is 2. The Kier molecular flexibility index (Phi) is 5.94. The average molecular weight is 408 g/mol. The van der Waals surface area contributed by atoms with Gasteiger partial charge in [0.2, 0.25) is 5.91 Å². The second-order valence-electron chi connectivity index (χ2n) is 7.30. The minimum Gasteiger partial charge on any atom is -0.497 e. The lowest BCUT2D eigenvalue weighted by Gasteiger charge is -2.29. The summed E-state index contributed by atoms with van der Waals surface area (Å²) >= 11 is 0. The number of urea groups is 1. The van der Waals surface area contributed by atoms with Crippen LogP contribution in [0.25, 0.3) is 11.1 Å². The number of para-hydroxylation sites is 2. The minimum absolute atomic E-state index is 0.177. The van der Waals surface area contributed by atoms with Crippen LogP contribution in [0.3, 0.4) is 0 Å². The molecule has 1 fully saturated rings. The number of hydrogen-bond donors (Lipinski definition) is 2. The molecular formula is C22H24N4O4. The second kappa shape index (κ2) is 8.96. The third kappa shape index (κ3) is 4.77. The van der Waals surface area contributed by atoms with Crippen molar-refractivity contribution < 1.29 is 18.7 Å². The van der Waals surface area contributed by atoms with Crippen LogP contribution in [-0.2, 0) is 4.79 Å². The molecule has 4 rings (SSSR count). The normalized spacial score (nSPS) is 15.1. The largest absolute Gasteiger partial charge is 0.497 e. The van der Waals surface area contributed by atoms with Crippen LogP contribution in [0.2, 0.25) is 0 Å². The first-order valence-corrected chi connectivity index (χ1v) is 9.93. The number of fused-ring (bicyclic) bond motifs is 1. The van der Waals surface area contributed by atoms with Gasteiger partial charge in [0.1, 0.15) is 11.3 Å². The highest BCUT2D eigenvalue weighted by Gasteiger charge is 2.26. The van der Waals surface area contributed by atoms with E-state index in [2.05, 4.69) is 15.6 Å². The molecule has 0 unspecified atom stereocenters. The molecule has 2 N–H and O–H groups in total. The minimum atomic E-state index is -0.550. The Hall–Kier alpha value is -3.39. The van der Waals surface area contributed by atoms with Crippen molar-refractivity contribution in [2.45, 2.75) is 18.8 Å². The fourth-order valence-corrected chi connectivity index (χ4v) is 3.61. The van der Waals surface area contributed by atoms with Gasteiger partial charge in [0.25, 0.3) is 0 Å². The number of anilines is 1. The van der Waals surface area contributed by atoms with E-state index in [0.717, 1.165) is 42.9 Å². The number of aromatic nitrogens is 1. The maximum absolute atomic E-state index is 12.2. The Morgan fingerprint density at radius 3 is 2.57 bits per heavy atom. The fourth-order valence-electron chi connectivity index (χ4n) is 3.61. The van der Waals surface area contributed by atoms with E-state index in [1.165, 1.54) is 0 Å². The predicted molar refractivity (Wildman–Crippen MR) is 113 cm³/mol. The van der Waals surface area contributed by atoms with E-state index in [4.69, 9.17) is 9.15 Å². The third-order valence-electron chi connectivity index (χ3n) is 5.22. The molecule has 3 amide bonds. The van der Waals surface area contributed by atoms with E-state index < -0.39 is 6.03 Å². The SMILES string of the molecule is COc1ccc(NC(=O)NC(=O)CN2CCC(c3nc4ccccc4o3)CC2)cc1. The van der Waals surface area contributed by atoms with Crippen LogP contribution in [0.5, 0.6) is 5.75 Å². The average Bonchev–Trinajstić information content (AvgIpc) is 3.19. The second-order valence-corrected chi connectivity index (χ2v) is 7.30. The molecule has 8 nitrogen and oxygen atoms in total. The first-order chi connectivity index (χ1) is 14.6. The summed E-state index contributed by atoms with van der Waals surface area (Å²) in [6, 6.07) is 14.1. The topological polar surface area (TPSA) is 96.7 Å². The maximum Gasteiger partial charge on any atom is 0.325 e. The van der Waals surface area contributed by atoms with Crippen LogP contribution < -0.4 is 15.4 Å². The number of amides is 3. The van der Waals surface area contributed by atoms with Crippen molar-refractivity contribution in [2.75, 3.05) is 32.1 Å². The number of hydrogen-bond acceptors (Lipinski definition) is 6. The van der Waals surface area contributed by atoms with E-state index in [9.17, 15) is 9.59 Å². The Labute approximate surface area is 174 Å². The summed E-state index contributed by atoms with van der Waals surface area (Å²) in [7, 11) is 1.57. The van der Waals surface area contributed by atoms with Crippen molar-refractivity contribution in [3.8, 4) is 5.75 Å². The lowest BCUT2D eigenvalue weighted by Crippen LogP contribution is -2.44. The zero-order valence-electron chi connectivity index (χ0n) is 16.8. The van der Waals surface area contributed by atoms with Gasteiger partial charge < -0.3 is 14.5 Å². The summed E-state index contributed by atoms with van der Waals surface area (Å²) in [6.45, 7) is 1.67. The van der Waals surface area contributed by atoms with Gasteiger partial charge in [-0.15, -0.1) is 0 Å². The molecule has 0 bridgehead atoms. The highest BCUT2D eigenvalue weighted by atomic mass is 16.5. The molecule has 0 atom stereocenters. The molecule has 8 heteroatoms. The van der Waals surface area contributed by atoms with E-state index in [0.29, 0.717) is 11.4 Å². The van der Waals surface area contributed by atoms with E-state index in [1.807, 2.05) is 29.2 Å².